The molecule has 2 N–H and O–H groups in total. The van der Waals surface area contributed by atoms with Gasteiger partial charge in [0.05, 0.1) is 12.5 Å². The zero-order valence-corrected chi connectivity index (χ0v) is 10.7. The van der Waals surface area contributed by atoms with Crippen LogP contribution in [-0.2, 0) is 10.0 Å². The highest BCUT2D eigenvalue weighted by molar-refractivity contribution is 7.89. The Balaban J connectivity index is 1.94. The maximum absolute atomic E-state index is 11.9. The van der Waals surface area contributed by atoms with Crippen molar-refractivity contribution in [2.45, 2.75) is 30.8 Å². The van der Waals surface area contributed by atoms with Crippen LogP contribution in [0.25, 0.3) is 0 Å². The number of likely N-dealkylation sites (tertiary alicyclic amines) is 1. The summed E-state index contributed by atoms with van der Waals surface area (Å²) in [6, 6.07) is 0.0334. The smallest absolute Gasteiger partial charge is 0.257 e. The van der Waals surface area contributed by atoms with Crippen molar-refractivity contribution < 1.29 is 8.42 Å². The molecule has 7 heteroatoms. The van der Waals surface area contributed by atoms with E-state index in [9.17, 15) is 8.42 Å². The summed E-state index contributed by atoms with van der Waals surface area (Å²) in [5.74, 6) is 0. The predicted octanol–water partition coefficient (Wildman–Crippen LogP) is 0.172. The van der Waals surface area contributed by atoms with Gasteiger partial charge in [-0.05, 0) is 32.5 Å². The molecule has 0 radical (unpaired) electrons. The van der Waals surface area contributed by atoms with Crippen LogP contribution in [-0.4, -0.2) is 49.0 Å². The number of hydrogen-bond acceptors (Lipinski definition) is 4. The van der Waals surface area contributed by atoms with Crippen LogP contribution >= 0.6 is 0 Å². The van der Waals surface area contributed by atoms with Gasteiger partial charge >= 0.3 is 0 Å². The van der Waals surface area contributed by atoms with Gasteiger partial charge in [-0.1, -0.05) is 6.92 Å². The van der Waals surface area contributed by atoms with Crippen molar-refractivity contribution >= 4 is 10.0 Å². The van der Waals surface area contributed by atoms with Crippen molar-refractivity contribution in [2.75, 3.05) is 19.6 Å². The molecule has 6 nitrogen and oxygen atoms in total. The highest BCUT2D eigenvalue weighted by Gasteiger charge is 2.24. The molecule has 0 amide bonds. The minimum Gasteiger partial charge on any atom is -0.335 e. The van der Waals surface area contributed by atoms with E-state index >= 15 is 0 Å². The lowest BCUT2D eigenvalue weighted by Gasteiger charge is -2.31. The molecule has 1 aromatic rings. The van der Waals surface area contributed by atoms with E-state index in [4.69, 9.17) is 0 Å². The second-order valence-electron chi connectivity index (χ2n) is 4.25. The summed E-state index contributed by atoms with van der Waals surface area (Å²) in [6.07, 6.45) is 4.42. The Bertz CT molecular complexity index is 435. The molecule has 0 spiro atoms. The molecule has 0 atom stereocenters. The first-order chi connectivity index (χ1) is 8.12. The molecule has 0 saturated carbocycles. The summed E-state index contributed by atoms with van der Waals surface area (Å²) >= 11 is 0. The summed E-state index contributed by atoms with van der Waals surface area (Å²) in [6.45, 7) is 5.05. The number of imidazole rings is 1. The zero-order valence-electron chi connectivity index (χ0n) is 9.89. The van der Waals surface area contributed by atoms with Gasteiger partial charge in [-0.2, -0.15) is 0 Å². The predicted molar refractivity (Wildman–Crippen MR) is 64.0 cm³/mol. The Kier molecular flexibility index (Phi) is 3.80. The van der Waals surface area contributed by atoms with Crippen LogP contribution in [0.1, 0.15) is 19.8 Å². The fourth-order valence-corrected chi connectivity index (χ4v) is 3.25. The van der Waals surface area contributed by atoms with Crippen molar-refractivity contribution in [3.63, 3.8) is 0 Å². The zero-order chi connectivity index (χ0) is 12.3. The van der Waals surface area contributed by atoms with Crippen molar-refractivity contribution in [1.82, 2.24) is 19.6 Å². The summed E-state index contributed by atoms with van der Waals surface area (Å²) in [5, 5.41) is 0.135. The lowest BCUT2D eigenvalue weighted by molar-refractivity contribution is 0.217. The Hall–Kier alpha value is -0.920. The molecule has 0 unspecified atom stereocenters. The standard InChI is InChI=1S/C10H18N4O2S/c1-2-14-5-3-9(4-6-14)13-17(15,16)10-7-11-8-12-10/h7-9,13H,2-6H2,1H3,(H,11,12). The highest BCUT2D eigenvalue weighted by atomic mass is 32.2. The number of hydrogen-bond donors (Lipinski definition) is 2. The summed E-state index contributed by atoms with van der Waals surface area (Å²) in [7, 11) is -3.43. The number of rotatable bonds is 4. The lowest BCUT2D eigenvalue weighted by Crippen LogP contribution is -2.44. The van der Waals surface area contributed by atoms with Gasteiger partial charge in [-0.15, -0.1) is 0 Å². The number of nitrogens with one attached hydrogen (secondary N) is 2. The molecule has 1 aliphatic rings. The number of piperidine rings is 1. The average molecular weight is 258 g/mol. The van der Waals surface area contributed by atoms with E-state index in [-0.39, 0.29) is 11.1 Å². The number of H-pyrrole nitrogens is 1. The van der Waals surface area contributed by atoms with E-state index in [1.807, 2.05) is 0 Å². The van der Waals surface area contributed by atoms with E-state index in [1.165, 1.54) is 12.5 Å². The number of aromatic nitrogens is 2. The molecule has 1 fully saturated rings. The third-order valence-corrected chi connectivity index (χ3v) is 4.57. The molecule has 1 aromatic heterocycles. The van der Waals surface area contributed by atoms with Crippen LogP contribution in [0, 0.1) is 0 Å². The van der Waals surface area contributed by atoms with Gasteiger partial charge < -0.3 is 9.88 Å². The largest absolute Gasteiger partial charge is 0.335 e. The molecule has 1 aliphatic heterocycles. The maximum Gasteiger partial charge on any atom is 0.257 e. The minimum absolute atomic E-state index is 0.0334. The van der Waals surface area contributed by atoms with Gasteiger partial charge in [0.1, 0.15) is 0 Å². The second-order valence-corrected chi connectivity index (χ2v) is 5.93. The molecule has 2 rings (SSSR count). The van der Waals surface area contributed by atoms with E-state index in [2.05, 4.69) is 26.5 Å². The molecule has 2 heterocycles. The Morgan fingerprint density at radius 1 is 1.53 bits per heavy atom. The SMILES string of the molecule is CCN1CCC(NS(=O)(=O)c2cnc[nH]2)CC1. The van der Waals surface area contributed by atoms with Crippen molar-refractivity contribution in [3.8, 4) is 0 Å². The van der Waals surface area contributed by atoms with Crippen LogP contribution < -0.4 is 4.72 Å². The molecule has 1 saturated heterocycles. The van der Waals surface area contributed by atoms with Crippen LogP contribution in [0.2, 0.25) is 0 Å². The molecule has 96 valence electrons. The Morgan fingerprint density at radius 3 is 2.76 bits per heavy atom. The van der Waals surface area contributed by atoms with Crippen LogP contribution in [0.5, 0.6) is 0 Å². The van der Waals surface area contributed by atoms with E-state index in [1.54, 1.807) is 0 Å². The van der Waals surface area contributed by atoms with Gasteiger partial charge in [0.2, 0.25) is 0 Å². The van der Waals surface area contributed by atoms with Gasteiger partial charge in [-0.25, -0.2) is 18.1 Å². The number of sulfonamides is 1. The minimum atomic E-state index is -3.43. The van der Waals surface area contributed by atoms with Crippen LogP contribution in [0.4, 0.5) is 0 Å². The van der Waals surface area contributed by atoms with Crippen molar-refractivity contribution in [2.24, 2.45) is 0 Å². The molecule has 0 aliphatic carbocycles. The first-order valence-electron chi connectivity index (χ1n) is 5.85. The normalized spacial score (nSPS) is 19.6. The summed E-state index contributed by atoms with van der Waals surface area (Å²) in [5.41, 5.74) is 0. The third kappa shape index (κ3) is 3.05. The Morgan fingerprint density at radius 2 is 2.24 bits per heavy atom. The monoisotopic (exact) mass is 258 g/mol. The summed E-state index contributed by atoms with van der Waals surface area (Å²) < 4.78 is 26.5. The average Bonchev–Trinajstić information content (AvgIpc) is 2.84. The first-order valence-corrected chi connectivity index (χ1v) is 7.33. The van der Waals surface area contributed by atoms with Gasteiger partial charge in [0.15, 0.2) is 5.03 Å². The molecule has 0 bridgehead atoms. The second kappa shape index (κ2) is 5.16. The van der Waals surface area contributed by atoms with Crippen molar-refractivity contribution in [1.29, 1.82) is 0 Å². The molecular weight excluding hydrogens is 240 g/mol. The molecule has 0 aromatic carbocycles. The van der Waals surface area contributed by atoms with Crippen LogP contribution in [0.15, 0.2) is 17.6 Å². The van der Waals surface area contributed by atoms with Gasteiger partial charge in [-0.3, -0.25) is 0 Å². The van der Waals surface area contributed by atoms with Gasteiger partial charge in [0.25, 0.3) is 10.0 Å². The lowest BCUT2D eigenvalue weighted by atomic mass is 10.1. The quantitative estimate of drug-likeness (QED) is 0.807. The highest BCUT2D eigenvalue weighted by Crippen LogP contribution is 2.13. The summed E-state index contributed by atoms with van der Waals surface area (Å²) in [4.78, 5) is 8.66. The van der Waals surface area contributed by atoms with E-state index < -0.39 is 10.0 Å². The van der Waals surface area contributed by atoms with Gasteiger partial charge in [0, 0.05) is 6.04 Å². The first kappa shape index (κ1) is 12.5. The number of aromatic amines is 1. The van der Waals surface area contributed by atoms with Crippen LogP contribution in [0.3, 0.4) is 0 Å². The maximum atomic E-state index is 11.9. The topological polar surface area (TPSA) is 78.1 Å². The number of nitrogens with zero attached hydrogens (tertiary/aromatic N) is 2. The fraction of sp³-hybridized carbons (Fsp3) is 0.700. The third-order valence-electron chi connectivity index (χ3n) is 3.12. The molecular formula is C10H18N4O2S. The van der Waals surface area contributed by atoms with Crippen molar-refractivity contribution in [3.05, 3.63) is 12.5 Å². The fourth-order valence-electron chi connectivity index (χ4n) is 2.04. The molecule has 17 heavy (non-hydrogen) atoms. The Labute approximate surface area is 101 Å². The van der Waals surface area contributed by atoms with E-state index in [0.717, 1.165) is 32.5 Å². The van der Waals surface area contributed by atoms with E-state index in [0.29, 0.717) is 0 Å².